The zero-order valence-electron chi connectivity index (χ0n) is 21.3. The molecule has 1 aromatic heterocycles. The van der Waals surface area contributed by atoms with E-state index in [1.54, 1.807) is 27.7 Å². The summed E-state index contributed by atoms with van der Waals surface area (Å²) in [5, 5.41) is 13.2. The van der Waals surface area contributed by atoms with Crippen molar-refractivity contribution in [3.05, 3.63) is 11.8 Å². The molecule has 3 atom stereocenters. The van der Waals surface area contributed by atoms with Gasteiger partial charge in [-0.2, -0.15) is 0 Å². The molecule has 0 saturated carbocycles. The average molecular weight is 480 g/mol. The number of rotatable bonds is 8. The fourth-order valence-corrected chi connectivity index (χ4v) is 3.72. The van der Waals surface area contributed by atoms with Crippen molar-refractivity contribution in [1.29, 1.82) is 0 Å². The first-order valence-electron chi connectivity index (χ1n) is 11.6. The molecule has 0 radical (unpaired) electrons. The summed E-state index contributed by atoms with van der Waals surface area (Å²) in [6.07, 6.45) is 0.368. The summed E-state index contributed by atoms with van der Waals surface area (Å²) in [6, 6.07) is -2.49. The minimum Gasteiger partial charge on any atom is -0.453 e. The van der Waals surface area contributed by atoms with Crippen molar-refractivity contribution in [2.75, 3.05) is 13.7 Å². The number of hydrogen-bond acceptors (Lipinski definition) is 8. The lowest BCUT2D eigenvalue weighted by molar-refractivity contribution is -0.141. The highest BCUT2D eigenvalue weighted by Crippen LogP contribution is 2.23. The van der Waals surface area contributed by atoms with Crippen molar-refractivity contribution in [2.24, 2.45) is 11.8 Å². The molecule has 1 aliphatic heterocycles. The van der Waals surface area contributed by atoms with E-state index in [1.807, 2.05) is 20.8 Å². The molecule has 0 aromatic carbocycles. The van der Waals surface area contributed by atoms with Gasteiger partial charge in [-0.05, 0) is 24.7 Å². The van der Waals surface area contributed by atoms with Crippen LogP contribution in [0.25, 0.3) is 0 Å². The molecule has 0 bridgehead atoms. The number of ether oxygens (including phenoxy) is 1. The summed E-state index contributed by atoms with van der Waals surface area (Å²) in [6.45, 7) is 13.3. The number of ketones is 1. The van der Waals surface area contributed by atoms with Crippen LogP contribution in [0.4, 0.5) is 4.79 Å². The number of amides is 3. The van der Waals surface area contributed by atoms with E-state index in [9.17, 15) is 19.2 Å². The quantitative estimate of drug-likeness (QED) is 0.539. The van der Waals surface area contributed by atoms with E-state index < -0.39 is 41.3 Å². The molecule has 1 saturated heterocycles. The Labute approximate surface area is 200 Å². The molecule has 2 heterocycles. The van der Waals surface area contributed by atoms with Crippen LogP contribution < -0.4 is 10.6 Å². The molecule has 0 unspecified atom stereocenters. The second-order valence-electron chi connectivity index (χ2n) is 10.3. The van der Waals surface area contributed by atoms with Crippen LogP contribution in [0.2, 0.25) is 0 Å². The van der Waals surface area contributed by atoms with Crippen LogP contribution in [-0.4, -0.2) is 70.6 Å². The zero-order chi connectivity index (χ0) is 25.8. The predicted octanol–water partition coefficient (Wildman–Crippen LogP) is 2.06. The molecule has 1 aliphatic rings. The van der Waals surface area contributed by atoms with Crippen molar-refractivity contribution in [3.63, 3.8) is 0 Å². The number of likely N-dealkylation sites (tertiary alicyclic amines) is 1. The van der Waals surface area contributed by atoms with Gasteiger partial charge in [0.15, 0.2) is 0 Å². The van der Waals surface area contributed by atoms with E-state index in [2.05, 4.69) is 25.6 Å². The summed E-state index contributed by atoms with van der Waals surface area (Å²) in [5.41, 5.74) is -0.419. The molecule has 1 aromatic rings. The Morgan fingerprint density at radius 2 is 1.65 bits per heavy atom. The maximum Gasteiger partial charge on any atom is 0.407 e. The van der Waals surface area contributed by atoms with Crippen LogP contribution >= 0.6 is 0 Å². The third-order valence-corrected chi connectivity index (χ3v) is 5.75. The molecule has 0 spiro atoms. The first-order valence-corrected chi connectivity index (χ1v) is 11.6. The number of Topliss-reactive ketones (excluding diaryl/α,β-unsaturated/α-hetero) is 1. The topological polar surface area (TPSA) is 144 Å². The van der Waals surface area contributed by atoms with Gasteiger partial charge in [-0.3, -0.25) is 14.4 Å². The molecule has 1 fully saturated rings. The Balaban J connectivity index is 2.18. The largest absolute Gasteiger partial charge is 0.453 e. The monoisotopic (exact) mass is 479 g/mol. The average Bonchev–Trinajstić information content (AvgIpc) is 3.43. The number of nitrogens with one attached hydrogen (secondary N) is 2. The van der Waals surface area contributed by atoms with Gasteiger partial charge < -0.3 is 24.7 Å². The van der Waals surface area contributed by atoms with Gasteiger partial charge in [0.2, 0.25) is 23.5 Å². The van der Waals surface area contributed by atoms with E-state index in [1.165, 1.54) is 12.0 Å². The molecule has 11 nitrogen and oxygen atoms in total. The Bertz CT molecular complexity index is 904. The Hall–Kier alpha value is -2.98. The van der Waals surface area contributed by atoms with E-state index in [4.69, 9.17) is 4.42 Å². The Morgan fingerprint density at radius 1 is 1.03 bits per heavy atom. The maximum atomic E-state index is 13.2. The van der Waals surface area contributed by atoms with Gasteiger partial charge in [0.25, 0.3) is 5.89 Å². The highest BCUT2D eigenvalue weighted by Gasteiger charge is 2.40. The molecule has 190 valence electrons. The summed E-state index contributed by atoms with van der Waals surface area (Å²) in [4.78, 5) is 52.7. The molecule has 11 heteroatoms. The van der Waals surface area contributed by atoms with E-state index in [0.29, 0.717) is 25.3 Å². The molecule has 34 heavy (non-hydrogen) atoms. The lowest BCUT2D eigenvalue weighted by atomic mass is 9.97. The third-order valence-electron chi connectivity index (χ3n) is 5.75. The zero-order valence-corrected chi connectivity index (χ0v) is 21.3. The SMILES string of the molecule is COC(=O)N[C@H](C(=O)N1CCC[C@H]1C(=O)N[C@H](C(=O)c1nnc(C(C)(C)C)o1)C(C)C)C(C)C. The minimum absolute atomic E-state index is 0.162. The van der Waals surface area contributed by atoms with Crippen molar-refractivity contribution >= 4 is 23.7 Å². The van der Waals surface area contributed by atoms with Gasteiger partial charge in [-0.15, -0.1) is 10.2 Å². The van der Waals surface area contributed by atoms with Crippen LogP contribution in [0, 0.1) is 11.8 Å². The smallest absolute Gasteiger partial charge is 0.407 e. The van der Waals surface area contributed by atoms with Gasteiger partial charge in [-0.25, -0.2) is 4.79 Å². The highest BCUT2D eigenvalue weighted by atomic mass is 16.5. The summed E-state index contributed by atoms with van der Waals surface area (Å²) >= 11 is 0. The van der Waals surface area contributed by atoms with Crippen molar-refractivity contribution in [3.8, 4) is 0 Å². The summed E-state index contributed by atoms with van der Waals surface area (Å²) in [5.74, 6) is -1.58. The lowest BCUT2D eigenvalue weighted by Gasteiger charge is -2.31. The fourth-order valence-electron chi connectivity index (χ4n) is 3.72. The molecule has 3 amide bonds. The van der Waals surface area contributed by atoms with E-state index in [-0.39, 0.29) is 23.6 Å². The first kappa shape index (κ1) is 27.3. The molecular weight excluding hydrogens is 442 g/mol. The first-order chi connectivity index (χ1) is 15.8. The molecular formula is C23H37N5O6. The number of carbonyl (C=O) groups is 4. The van der Waals surface area contributed by atoms with Crippen molar-refractivity contribution < 1.29 is 28.3 Å². The van der Waals surface area contributed by atoms with Gasteiger partial charge in [0, 0.05) is 12.0 Å². The minimum atomic E-state index is -0.896. The summed E-state index contributed by atoms with van der Waals surface area (Å²) in [7, 11) is 1.22. The maximum absolute atomic E-state index is 13.2. The van der Waals surface area contributed by atoms with Crippen molar-refractivity contribution in [1.82, 2.24) is 25.7 Å². The number of methoxy groups -OCH3 is 1. The standard InChI is InChI=1S/C23H37N5O6/c1-12(2)15(17(29)19-26-27-21(34-19)23(5,6)7)24-18(30)14-10-9-11-28(14)20(31)16(13(3)4)25-22(32)33-8/h12-16H,9-11H2,1-8H3,(H,24,30)(H,25,32)/t14-,15-,16-/m0/s1. The van der Waals surface area contributed by atoms with Crippen LogP contribution in [0.3, 0.4) is 0 Å². The van der Waals surface area contributed by atoms with Crippen LogP contribution in [0.15, 0.2) is 4.42 Å². The van der Waals surface area contributed by atoms with Crippen LogP contribution in [0.1, 0.15) is 77.9 Å². The third kappa shape index (κ3) is 6.32. The second kappa shape index (κ2) is 11.0. The van der Waals surface area contributed by atoms with Crippen LogP contribution in [0.5, 0.6) is 0 Å². The molecule has 2 N–H and O–H groups in total. The van der Waals surface area contributed by atoms with E-state index >= 15 is 0 Å². The van der Waals surface area contributed by atoms with E-state index in [0.717, 1.165) is 0 Å². The number of hydrogen-bond donors (Lipinski definition) is 2. The van der Waals surface area contributed by atoms with Crippen LogP contribution in [-0.2, 0) is 19.7 Å². The normalized spacial score (nSPS) is 18.1. The number of alkyl carbamates (subject to hydrolysis) is 1. The highest BCUT2D eigenvalue weighted by molar-refractivity contribution is 6.00. The van der Waals surface area contributed by atoms with Gasteiger partial charge in [-0.1, -0.05) is 48.5 Å². The van der Waals surface area contributed by atoms with Gasteiger partial charge in [0.05, 0.1) is 13.2 Å². The van der Waals surface area contributed by atoms with Gasteiger partial charge in [0.1, 0.15) is 12.1 Å². The molecule has 2 rings (SSSR count). The predicted molar refractivity (Wildman–Crippen MR) is 123 cm³/mol. The Morgan fingerprint density at radius 3 is 2.15 bits per heavy atom. The number of nitrogens with zero attached hydrogens (tertiary/aromatic N) is 3. The molecule has 0 aliphatic carbocycles. The van der Waals surface area contributed by atoms with Crippen molar-refractivity contribution in [2.45, 2.75) is 84.8 Å². The number of aromatic nitrogens is 2. The summed E-state index contributed by atoms with van der Waals surface area (Å²) < 4.78 is 10.2. The fraction of sp³-hybridized carbons (Fsp3) is 0.739. The lowest BCUT2D eigenvalue weighted by Crippen LogP contribution is -2.57. The number of carbonyl (C=O) groups excluding carboxylic acids is 4. The van der Waals surface area contributed by atoms with Gasteiger partial charge >= 0.3 is 6.09 Å². The second-order valence-corrected chi connectivity index (χ2v) is 10.3. The Kier molecular flexibility index (Phi) is 8.79.